The van der Waals surface area contributed by atoms with E-state index in [0.717, 1.165) is 56.8 Å². The summed E-state index contributed by atoms with van der Waals surface area (Å²) in [5.74, 6) is 2.03. The molecule has 7 heteroatoms. The number of nitrogens with one attached hydrogen (secondary N) is 1. The van der Waals surface area contributed by atoms with E-state index in [2.05, 4.69) is 25.3 Å². The quantitative estimate of drug-likeness (QED) is 0.824. The summed E-state index contributed by atoms with van der Waals surface area (Å²) in [5, 5.41) is 7.02. The van der Waals surface area contributed by atoms with Crippen molar-refractivity contribution in [2.75, 3.05) is 19.6 Å². The van der Waals surface area contributed by atoms with E-state index < -0.39 is 0 Å². The first-order chi connectivity index (χ1) is 12.2. The van der Waals surface area contributed by atoms with E-state index in [4.69, 9.17) is 4.52 Å². The highest BCUT2D eigenvalue weighted by molar-refractivity contribution is 5.76. The standard InChI is InChI=1S/C18H25N5O2/c1-14-21-17(22-25-14)13-23-9-6-16(7-10-23)12-20-18(24)5-4-15-3-2-8-19-11-15/h2-3,8,11,16H,4-7,9-10,12-13H2,1H3,(H,20,24). The number of likely N-dealkylation sites (tertiary alicyclic amines) is 1. The number of amides is 1. The predicted molar refractivity (Wildman–Crippen MR) is 92.6 cm³/mol. The van der Waals surface area contributed by atoms with E-state index in [1.165, 1.54) is 0 Å². The highest BCUT2D eigenvalue weighted by atomic mass is 16.5. The lowest BCUT2D eigenvalue weighted by molar-refractivity contribution is -0.121. The van der Waals surface area contributed by atoms with Crippen LogP contribution in [0.3, 0.4) is 0 Å². The van der Waals surface area contributed by atoms with E-state index in [9.17, 15) is 4.79 Å². The summed E-state index contributed by atoms with van der Waals surface area (Å²) in [6.07, 6.45) is 6.98. The first kappa shape index (κ1) is 17.5. The highest BCUT2D eigenvalue weighted by Gasteiger charge is 2.21. The Morgan fingerprint density at radius 1 is 1.40 bits per heavy atom. The number of piperidine rings is 1. The molecule has 25 heavy (non-hydrogen) atoms. The number of hydrogen-bond acceptors (Lipinski definition) is 6. The maximum Gasteiger partial charge on any atom is 0.223 e. The molecule has 0 spiro atoms. The van der Waals surface area contributed by atoms with Gasteiger partial charge in [0.1, 0.15) is 0 Å². The van der Waals surface area contributed by atoms with Gasteiger partial charge in [-0.2, -0.15) is 4.98 Å². The molecule has 2 aromatic rings. The van der Waals surface area contributed by atoms with Crippen LogP contribution in [0.1, 0.15) is 36.5 Å². The van der Waals surface area contributed by atoms with E-state index in [1.807, 2.05) is 18.3 Å². The second-order valence-electron chi connectivity index (χ2n) is 6.61. The normalized spacial score (nSPS) is 16.0. The van der Waals surface area contributed by atoms with Gasteiger partial charge in [-0.25, -0.2) is 0 Å². The molecule has 1 saturated heterocycles. The van der Waals surface area contributed by atoms with Crippen molar-refractivity contribution in [2.24, 2.45) is 5.92 Å². The maximum atomic E-state index is 12.0. The van der Waals surface area contributed by atoms with Crippen molar-refractivity contribution in [1.29, 1.82) is 0 Å². The second kappa shape index (κ2) is 8.71. The largest absolute Gasteiger partial charge is 0.356 e. The molecule has 0 radical (unpaired) electrons. The molecule has 1 aliphatic heterocycles. The fourth-order valence-corrected chi connectivity index (χ4v) is 3.10. The van der Waals surface area contributed by atoms with Gasteiger partial charge in [0.05, 0.1) is 6.54 Å². The van der Waals surface area contributed by atoms with E-state index in [-0.39, 0.29) is 5.91 Å². The molecule has 3 heterocycles. The molecule has 134 valence electrons. The zero-order valence-electron chi connectivity index (χ0n) is 14.6. The minimum atomic E-state index is 0.119. The van der Waals surface area contributed by atoms with Crippen LogP contribution in [0.25, 0.3) is 0 Å². The summed E-state index contributed by atoms with van der Waals surface area (Å²) in [7, 11) is 0. The fraction of sp³-hybridized carbons (Fsp3) is 0.556. The number of carbonyl (C=O) groups excluding carboxylic acids is 1. The van der Waals surface area contributed by atoms with Gasteiger partial charge in [-0.05, 0) is 49.9 Å². The van der Waals surface area contributed by atoms with Crippen molar-refractivity contribution in [2.45, 2.75) is 39.2 Å². The van der Waals surface area contributed by atoms with Crippen LogP contribution < -0.4 is 5.32 Å². The van der Waals surface area contributed by atoms with Gasteiger partial charge in [-0.1, -0.05) is 11.2 Å². The van der Waals surface area contributed by atoms with Crippen LogP contribution in [0.15, 0.2) is 29.0 Å². The average Bonchev–Trinajstić information content (AvgIpc) is 3.05. The van der Waals surface area contributed by atoms with E-state index in [0.29, 0.717) is 18.2 Å². The third-order valence-corrected chi connectivity index (χ3v) is 4.59. The number of aryl methyl sites for hydroxylation is 2. The molecule has 1 amide bonds. The van der Waals surface area contributed by atoms with Crippen molar-refractivity contribution < 1.29 is 9.32 Å². The van der Waals surface area contributed by atoms with Crippen molar-refractivity contribution in [3.05, 3.63) is 41.8 Å². The first-order valence-corrected chi connectivity index (χ1v) is 8.86. The molecule has 0 aliphatic carbocycles. The third kappa shape index (κ3) is 5.63. The van der Waals surface area contributed by atoms with Crippen LogP contribution in [-0.2, 0) is 17.8 Å². The molecule has 0 aromatic carbocycles. The lowest BCUT2D eigenvalue weighted by atomic mass is 9.96. The Labute approximate surface area is 147 Å². The highest BCUT2D eigenvalue weighted by Crippen LogP contribution is 2.17. The molecule has 1 aliphatic rings. The molecule has 2 aromatic heterocycles. The number of pyridine rings is 1. The van der Waals surface area contributed by atoms with Gasteiger partial charge in [-0.3, -0.25) is 14.7 Å². The number of hydrogen-bond donors (Lipinski definition) is 1. The molecule has 0 saturated carbocycles. The monoisotopic (exact) mass is 343 g/mol. The Kier molecular flexibility index (Phi) is 6.11. The van der Waals surface area contributed by atoms with Crippen molar-refractivity contribution >= 4 is 5.91 Å². The molecule has 0 atom stereocenters. The lowest BCUT2D eigenvalue weighted by Crippen LogP contribution is -2.38. The molecule has 1 N–H and O–H groups in total. The molecular formula is C18H25N5O2. The smallest absolute Gasteiger partial charge is 0.223 e. The SMILES string of the molecule is Cc1nc(CN2CCC(CNC(=O)CCc3cccnc3)CC2)no1. The summed E-state index contributed by atoms with van der Waals surface area (Å²) in [6, 6.07) is 3.90. The predicted octanol–water partition coefficient (Wildman–Crippen LogP) is 1.73. The van der Waals surface area contributed by atoms with Gasteiger partial charge < -0.3 is 9.84 Å². The number of nitrogens with zero attached hydrogens (tertiary/aromatic N) is 4. The Hall–Kier alpha value is -2.28. The summed E-state index contributed by atoms with van der Waals surface area (Å²) >= 11 is 0. The topological polar surface area (TPSA) is 84.2 Å². The fourth-order valence-electron chi connectivity index (χ4n) is 3.10. The van der Waals surface area contributed by atoms with Crippen molar-refractivity contribution in [3.63, 3.8) is 0 Å². The van der Waals surface area contributed by atoms with Crippen LogP contribution in [-0.4, -0.2) is 45.6 Å². The minimum absolute atomic E-state index is 0.119. The van der Waals surface area contributed by atoms with Crippen LogP contribution in [0.5, 0.6) is 0 Å². The van der Waals surface area contributed by atoms with Crippen molar-refractivity contribution in [3.8, 4) is 0 Å². The molecule has 1 fully saturated rings. The Morgan fingerprint density at radius 3 is 2.92 bits per heavy atom. The molecule has 0 unspecified atom stereocenters. The second-order valence-corrected chi connectivity index (χ2v) is 6.61. The molecule has 3 rings (SSSR count). The number of rotatable bonds is 7. The third-order valence-electron chi connectivity index (χ3n) is 4.59. The minimum Gasteiger partial charge on any atom is -0.356 e. The summed E-state index contributed by atoms with van der Waals surface area (Å²) in [6.45, 7) is 5.32. The van der Waals surface area contributed by atoms with Crippen LogP contribution in [0.2, 0.25) is 0 Å². The van der Waals surface area contributed by atoms with Gasteiger partial charge in [0.2, 0.25) is 11.8 Å². The Balaban J connectivity index is 1.31. The van der Waals surface area contributed by atoms with Gasteiger partial charge in [0.25, 0.3) is 0 Å². The first-order valence-electron chi connectivity index (χ1n) is 8.86. The molecule has 0 bridgehead atoms. The molecule has 7 nitrogen and oxygen atoms in total. The zero-order chi connectivity index (χ0) is 17.5. The number of aromatic nitrogens is 3. The zero-order valence-corrected chi connectivity index (χ0v) is 14.6. The average molecular weight is 343 g/mol. The van der Waals surface area contributed by atoms with Crippen molar-refractivity contribution in [1.82, 2.24) is 25.3 Å². The van der Waals surface area contributed by atoms with Crippen LogP contribution >= 0.6 is 0 Å². The van der Waals surface area contributed by atoms with Crippen LogP contribution in [0.4, 0.5) is 0 Å². The Bertz CT molecular complexity index is 665. The summed E-state index contributed by atoms with van der Waals surface area (Å²) < 4.78 is 5.01. The van der Waals surface area contributed by atoms with Gasteiger partial charge >= 0.3 is 0 Å². The maximum absolute atomic E-state index is 12.0. The lowest BCUT2D eigenvalue weighted by Gasteiger charge is -2.31. The number of carbonyl (C=O) groups is 1. The summed E-state index contributed by atoms with van der Waals surface area (Å²) in [4.78, 5) is 22.7. The Morgan fingerprint density at radius 2 is 2.24 bits per heavy atom. The van der Waals surface area contributed by atoms with Gasteiger partial charge in [0.15, 0.2) is 5.82 Å². The van der Waals surface area contributed by atoms with Crippen LogP contribution in [0, 0.1) is 12.8 Å². The van der Waals surface area contributed by atoms with E-state index >= 15 is 0 Å². The van der Waals surface area contributed by atoms with E-state index in [1.54, 1.807) is 13.1 Å². The van der Waals surface area contributed by atoms with Gasteiger partial charge in [0, 0.05) is 32.3 Å². The van der Waals surface area contributed by atoms with Gasteiger partial charge in [-0.15, -0.1) is 0 Å². The molecular weight excluding hydrogens is 318 g/mol. The summed E-state index contributed by atoms with van der Waals surface area (Å²) in [5.41, 5.74) is 1.10.